The lowest BCUT2D eigenvalue weighted by Crippen LogP contribution is -2.39. The zero-order valence-electron chi connectivity index (χ0n) is 6.88. The largest absolute Gasteiger partial charge is 0.475 e. The summed E-state index contributed by atoms with van der Waals surface area (Å²) in [5.41, 5.74) is 0. The van der Waals surface area contributed by atoms with Crippen molar-refractivity contribution in [2.45, 2.75) is 12.5 Å². The van der Waals surface area contributed by atoms with Gasteiger partial charge in [-0.2, -0.15) is 0 Å². The molecule has 0 aromatic carbocycles. The van der Waals surface area contributed by atoms with Crippen LogP contribution in [-0.4, -0.2) is 40.1 Å². The molecule has 0 aliphatic carbocycles. The molecule has 2 aliphatic rings. The summed E-state index contributed by atoms with van der Waals surface area (Å²) in [6.45, 7) is 1.20. The fraction of sp³-hybridized carbons (Fsp3) is 0.571. The third-order valence-electron chi connectivity index (χ3n) is 2.10. The van der Waals surface area contributed by atoms with Gasteiger partial charge in [-0.1, -0.05) is 0 Å². The van der Waals surface area contributed by atoms with Gasteiger partial charge in [0.05, 0.1) is 6.61 Å². The first-order valence-electron chi connectivity index (χ1n) is 4.15. The lowest BCUT2D eigenvalue weighted by Gasteiger charge is -2.26. The zero-order valence-corrected chi connectivity index (χ0v) is 6.88. The molecule has 1 saturated heterocycles. The fourth-order valence-corrected chi connectivity index (χ4v) is 1.48. The monoisotopic (exact) mass is 180 g/mol. The molecule has 1 atom stereocenters. The molecule has 0 amide bonds. The summed E-state index contributed by atoms with van der Waals surface area (Å²) in [4.78, 5) is 0. The third-order valence-corrected chi connectivity index (χ3v) is 2.10. The molecule has 0 bridgehead atoms. The van der Waals surface area contributed by atoms with Crippen LogP contribution in [0.4, 0.5) is 0 Å². The van der Waals surface area contributed by atoms with Crippen LogP contribution >= 0.6 is 0 Å². The van der Waals surface area contributed by atoms with Crippen molar-refractivity contribution in [2.75, 3.05) is 13.2 Å². The van der Waals surface area contributed by atoms with Gasteiger partial charge in [0.15, 0.2) is 5.82 Å². The number of aromatic nitrogens is 3. The van der Waals surface area contributed by atoms with E-state index in [1.54, 1.807) is 11.0 Å². The number of fused-ring (bicyclic) bond motifs is 2. The van der Waals surface area contributed by atoms with E-state index in [9.17, 15) is 0 Å². The average Bonchev–Trinajstić information content (AvgIpc) is 2.61. The fourth-order valence-electron chi connectivity index (χ4n) is 1.48. The van der Waals surface area contributed by atoms with Gasteiger partial charge < -0.3 is 9.47 Å². The van der Waals surface area contributed by atoms with E-state index < -0.39 is 0 Å². The van der Waals surface area contributed by atoms with Crippen LogP contribution in [0.15, 0.2) is 11.4 Å². The Morgan fingerprint density at radius 3 is 3.46 bits per heavy atom. The predicted octanol–water partition coefficient (Wildman–Crippen LogP) is -0.589. The molecular formula is C7H8N4O2. The van der Waals surface area contributed by atoms with Crippen molar-refractivity contribution in [3.8, 4) is 0 Å². The maximum Gasteiger partial charge on any atom is 0.237 e. The predicted molar refractivity (Wildman–Crippen MR) is 42.3 cm³/mol. The summed E-state index contributed by atoms with van der Waals surface area (Å²) < 4.78 is 12.5. The summed E-state index contributed by atoms with van der Waals surface area (Å²) in [6, 6.07) is 0. The van der Waals surface area contributed by atoms with Gasteiger partial charge >= 0.3 is 0 Å². The molecule has 3 rings (SSSR count). The summed E-state index contributed by atoms with van der Waals surface area (Å²) in [5.74, 6) is 1.46. The van der Waals surface area contributed by atoms with Gasteiger partial charge in [-0.05, 0) is 0 Å². The molecule has 0 spiro atoms. The SMILES string of the molecule is c1nnc2n1N=C1OCCOC1C2. The van der Waals surface area contributed by atoms with Crippen molar-refractivity contribution >= 4 is 5.90 Å². The summed E-state index contributed by atoms with van der Waals surface area (Å²) in [6.07, 6.45) is 2.19. The summed E-state index contributed by atoms with van der Waals surface area (Å²) >= 11 is 0. The second kappa shape index (κ2) is 2.53. The van der Waals surface area contributed by atoms with Crippen LogP contribution in [-0.2, 0) is 15.9 Å². The first kappa shape index (κ1) is 7.02. The van der Waals surface area contributed by atoms with E-state index in [1.165, 1.54) is 0 Å². The van der Waals surface area contributed by atoms with E-state index in [1.807, 2.05) is 0 Å². The van der Waals surface area contributed by atoms with Crippen molar-refractivity contribution in [2.24, 2.45) is 5.10 Å². The lowest BCUT2D eigenvalue weighted by molar-refractivity contribution is 0.0105. The van der Waals surface area contributed by atoms with Crippen molar-refractivity contribution in [1.29, 1.82) is 0 Å². The Hall–Kier alpha value is -1.43. The van der Waals surface area contributed by atoms with Gasteiger partial charge in [-0.3, -0.25) is 0 Å². The van der Waals surface area contributed by atoms with Gasteiger partial charge in [-0.25, -0.2) is 4.68 Å². The van der Waals surface area contributed by atoms with Gasteiger partial charge in [0.25, 0.3) is 0 Å². The lowest BCUT2D eigenvalue weighted by atomic mass is 10.2. The quantitative estimate of drug-likeness (QED) is 0.535. The Morgan fingerprint density at radius 2 is 2.46 bits per heavy atom. The highest BCUT2D eigenvalue weighted by atomic mass is 16.6. The first-order chi connectivity index (χ1) is 6.43. The summed E-state index contributed by atoms with van der Waals surface area (Å²) in [5, 5.41) is 11.9. The molecule has 3 heterocycles. The van der Waals surface area contributed by atoms with Crippen LogP contribution < -0.4 is 0 Å². The average molecular weight is 180 g/mol. The maximum absolute atomic E-state index is 5.47. The van der Waals surface area contributed by atoms with E-state index in [0.717, 1.165) is 5.82 Å². The molecule has 0 radical (unpaired) electrons. The Kier molecular flexibility index (Phi) is 1.36. The first-order valence-corrected chi connectivity index (χ1v) is 4.15. The van der Waals surface area contributed by atoms with Crippen LogP contribution in [0.2, 0.25) is 0 Å². The van der Waals surface area contributed by atoms with Crippen LogP contribution in [0, 0.1) is 0 Å². The van der Waals surface area contributed by atoms with Gasteiger partial charge in [0.2, 0.25) is 5.90 Å². The van der Waals surface area contributed by atoms with Gasteiger partial charge in [-0.15, -0.1) is 15.3 Å². The molecule has 1 aromatic heterocycles. The highest BCUT2D eigenvalue weighted by Crippen LogP contribution is 2.15. The minimum Gasteiger partial charge on any atom is -0.475 e. The van der Waals surface area contributed by atoms with Crippen LogP contribution in [0.25, 0.3) is 0 Å². The van der Waals surface area contributed by atoms with E-state index in [4.69, 9.17) is 9.47 Å². The minimum atomic E-state index is -0.0644. The number of rotatable bonds is 0. The Labute approximate surface area is 74.2 Å². The van der Waals surface area contributed by atoms with E-state index in [-0.39, 0.29) is 6.10 Å². The maximum atomic E-state index is 5.47. The summed E-state index contributed by atoms with van der Waals surface area (Å²) in [7, 11) is 0. The van der Waals surface area contributed by atoms with Gasteiger partial charge in [0.1, 0.15) is 19.0 Å². The van der Waals surface area contributed by atoms with Crippen molar-refractivity contribution in [1.82, 2.24) is 14.9 Å². The Bertz CT molecular complexity index is 359. The normalized spacial score (nSPS) is 25.5. The molecule has 1 aromatic rings. The molecule has 6 nitrogen and oxygen atoms in total. The molecule has 0 N–H and O–H groups in total. The minimum absolute atomic E-state index is 0.0644. The highest BCUT2D eigenvalue weighted by Gasteiger charge is 2.29. The molecule has 2 aliphatic heterocycles. The second-order valence-corrected chi connectivity index (χ2v) is 2.94. The van der Waals surface area contributed by atoms with E-state index in [0.29, 0.717) is 25.5 Å². The zero-order chi connectivity index (χ0) is 8.67. The van der Waals surface area contributed by atoms with Crippen molar-refractivity contribution < 1.29 is 9.47 Å². The van der Waals surface area contributed by atoms with Crippen molar-refractivity contribution in [3.63, 3.8) is 0 Å². The number of ether oxygens (including phenoxy) is 2. The van der Waals surface area contributed by atoms with E-state index in [2.05, 4.69) is 15.3 Å². The molecule has 1 fully saturated rings. The Morgan fingerprint density at radius 1 is 1.46 bits per heavy atom. The molecule has 0 saturated carbocycles. The Balaban J connectivity index is 2.02. The van der Waals surface area contributed by atoms with Crippen LogP contribution in [0.1, 0.15) is 5.82 Å². The number of hydrogen-bond donors (Lipinski definition) is 0. The number of hydrogen-bond acceptors (Lipinski definition) is 5. The standard InChI is InChI=1S/C7H8N4O2/c1-2-13-7-5(12-1)3-6-9-8-4-11(6)10-7/h4-5H,1-3H2. The van der Waals surface area contributed by atoms with E-state index >= 15 is 0 Å². The second-order valence-electron chi connectivity index (χ2n) is 2.94. The smallest absolute Gasteiger partial charge is 0.237 e. The molecule has 13 heavy (non-hydrogen) atoms. The molecule has 1 unspecified atom stereocenters. The van der Waals surface area contributed by atoms with Crippen LogP contribution in [0.5, 0.6) is 0 Å². The third kappa shape index (κ3) is 1.02. The molecule has 68 valence electrons. The highest BCUT2D eigenvalue weighted by molar-refractivity contribution is 5.82. The molecular weight excluding hydrogens is 172 g/mol. The topological polar surface area (TPSA) is 61.5 Å². The molecule has 6 heteroatoms. The van der Waals surface area contributed by atoms with Crippen molar-refractivity contribution in [3.05, 3.63) is 12.2 Å². The van der Waals surface area contributed by atoms with Crippen LogP contribution in [0.3, 0.4) is 0 Å². The van der Waals surface area contributed by atoms with Gasteiger partial charge in [0, 0.05) is 6.42 Å². The number of nitrogens with zero attached hydrogens (tertiary/aromatic N) is 4.